The SMILES string of the molecule is CC(C)CN1C(=O)NC(=N)C1c1cccc(C2CC2)c1. The topological polar surface area (TPSA) is 56.2 Å². The third-order valence-electron chi connectivity index (χ3n) is 3.92. The van der Waals surface area contributed by atoms with E-state index in [1.807, 2.05) is 12.1 Å². The molecule has 1 aliphatic carbocycles. The van der Waals surface area contributed by atoms with Crippen LogP contribution in [0.3, 0.4) is 0 Å². The van der Waals surface area contributed by atoms with Gasteiger partial charge < -0.3 is 4.90 Å². The smallest absolute Gasteiger partial charge is 0.310 e. The van der Waals surface area contributed by atoms with Crippen molar-refractivity contribution >= 4 is 11.9 Å². The third kappa shape index (κ3) is 2.42. The standard InChI is InChI=1S/C16H21N3O/c1-10(2)9-19-14(15(17)18-16(19)20)13-5-3-4-12(8-13)11-6-7-11/h3-5,8,10-11,14H,6-7,9H2,1-2H3,(H2,17,18,20). The summed E-state index contributed by atoms with van der Waals surface area (Å²) in [6.45, 7) is 4.85. The molecule has 1 saturated carbocycles. The molecule has 1 aliphatic heterocycles. The summed E-state index contributed by atoms with van der Waals surface area (Å²) in [6.07, 6.45) is 2.52. The fraction of sp³-hybridized carbons (Fsp3) is 0.500. The minimum Gasteiger partial charge on any atom is -0.310 e. The first-order valence-electron chi connectivity index (χ1n) is 7.32. The largest absolute Gasteiger partial charge is 0.323 e. The van der Waals surface area contributed by atoms with Gasteiger partial charge in [-0.3, -0.25) is 10.7 Å². The fourth-order valence-electron chi connectivity index (χ4n) is 2.86. The van der Waals surface area contributed by atoms with E-state index < -0.39 is 0 Å². The maximum atomic E-state index is 12.0. The van der Waals surface area contributed by atoms with Crippen LogP contribution >= 0.6 is 0 Å². The van der Waals surface area contributed by atoms with Crippen molar-refractivity contribution in [2.24, 2.45) is 5.92 Å². The van der Waals surface area contributed by atoms with E-state index in [-0.39, 0.29) is 12.1 Å². The molecule has 0 spiro atoms. The molecule has 1 unspecified atom stereocenters. The van der Waals surface area contributed by atoms with Crippen LogP contribution in [0.15, 0.2) is 24.3 Å². The van der Waals surface area contributed by atoms with Crippen LogP contribution in [0.1, 0.15) is 49.8 Å². The number of rotatable bonds is 4. The van der Waals surface area contributed by atoms with Gasteiger partial charge in [-0.15, -0.1) is 0 Å². The van der Waals surface area contributed by atoms with Crippen LogP contribution in [0.4, 0.5) is 4.79 Å². The molecule has 1 heterocycles. The zero-order valence-corrected chi connectivity index (χ0v) is 12.0. The average molecular weight is 271 g/mol. The van der Waals surface area contributed by atoms with Crippen molar-refractivity contribution < 1.29 is 4.79 Å². The van der Waals surface area contributed by atoms with Gasteiger partial charge in [0.2, 0.25) is 0 Å². The van der Waals surface area contributed by atoms with Gasteiger partial charge in [-0.2, -0.15) is 0 Å². The van der Waals surface area contributed by atoms with Gasteiger partial charge >= 0.3 is 6.03 Å². The van der Waals surface area contributed by atoms with E-state index in [1.165, 1.54) is 18.4 Å². The van der Waals surface area contributed by atoms with E-state index in [2.05, 4.69) is 31.3 Å². The van der Waals surface area contributed by atoms with E-state index in [1.54, 1.807) is 4.90 Å². The summed E-state index contributed by atoms with van der Waals surface area (Å²) < 4.78 is 0. The van der Waals surface area contributed by atoms with Crippen LogP contribution in [0.5, 0.6) is 0 Å². The maximum Gasteiger partial charge on any atom is 0.323 e. The normalized spacial score (nSPS) is 22.6. The minimum absolute atomic E-state index is 0.148. The van der Waals surface area contributed by atoms with E-state index in [0.717, 1.165) is 5.56 Å². The lowest BCUT2D eigenvalue weighted by Gasteiger charge is -2.25. The quantitative estimate of drug-likeness (QED) is 0.867. The lowest BCUT2D eigenvalue weighted by Crippen LogP contribution is -2.33. The summed E-state index contributed by atoms with van der Waals surface area (Å²) in [6, 6.07) is 8.01. The molecular formula is C16H21N3O. The average Bonchev–Trinajstić information content (AvgIpc) is 3.18. The van der Waals surface area contributed by atoms with Gasteiger partial charge in [0.15, 0.2) is 0 Å². The Morgan fingerprint density at radius 3 is 2.70 bits per heavy atom. The first-order valence-corrected chi connectivity index (χ1v) is 7.32. The van der Waals surface area contributed by atoms with Crippen LogP contribution in [0.2, 0.25) is 0 Å². The Hall–Kier alpha value is -1.84. The first-order chi connectivity index (χ1) is 9.56. The summed E-state index contributed by atoms with van der Waals surface area (Å²) in [5.74, 6) is 1.37. The van der Waals surface area contributed by atoms with Crippen molar-refractivity contribution in [1.82, 2.24) is 10.2 Å². The van der Waals surface area contributed by atoms with Crippen LogP contribution in [-0.4, -0.2) is 23.3 Å². The molecule has 1 aromatic carbocycles. The predicted octanol–water partition coefficient (Wildman–Crippen LogP) is 3.26. The predicted molar refractivity (Wildman–Crippen MR) is 79.0 cm³/mol. The summed E-state index contributed by atoms with van der Waals surface area (Å²) in [7, 11) is 0. The second kappa shape index (κ2) is 4.93. The van der Waals surface area contributed by atoms with Crippen molar-refractivity contribution in [3.05, 3.63) is 35.4 Å². The lowest BCUT2D eigenvalue weighted by molar-refractivity contribution is 0.198. The number of nitrogens with zero attached hydrogens (tertiary/aromatic N) is 1. The van der Waals surface area contributed by atoms with E-state index in [0.29, 0.717) is 24.2 Å². The molecule has 2 amide bonds. The second-order valence-electron chi connectivity index (χ2n) is 6.24. The molecule has 1 aromatic rings. The van der Waals surface area contributed by atoms with Crippen molar-refractivity contribution in [3.8, 4) is 0 Å². The van der Waals surface area contributed by atoms with Crippen molar-refractivity contribution in [2.75, 3.05) is 6.54 Å². The molecule has 0 bridgehead atoms. The molecule has 2 N–H and O–H groups in total. The summed E-state index contributed by atoms with van der Waals surface area (Å²) in [5, 5.41) is 10.7. The number of nitrogens with one attached hydrogen (secondary N) is 2. The second-order valence-corrected chi connectivity index (χ2v) is 6.24. The molecule has 4 heteroatoms. The maximum absolute atomic E-state index is 12.0. The first kappa shape index (κ1) is 13.2. The number of benzene rings is 1. The van der Waals surface area contributed by atoms with E-state index in [9.17, 15) is 4.79 Å². The van der Waals surface area contributed by atoms with Crippen molar-refractivity contribution in [2.45, 2.75) is 38.6 Å². The molecule has 4 nitrogen and oxygen atoms in total. The van der Waals surface area contributed by atoms with Gasteiger partial charge in [-0.25, -0.2) is 4.79 Å². The molecule has 1 atom stereocenters. The molecule has 3 rings (SSSR count). The number of hydrogen-bond donors (Lipinski definition) is 2. The number of hydrogen-bond acceptors (Lipinski definition) is 2. The Morgan fingerprint density at radius 2 is 2.05 bits per heavy atom. The Labute approximate surface area is 119 Å². The van der Waals surface area contributed by atoms with Crippen LogP contribution in [0.25, 0.3) is 0 Å². The van der Waals surface area contributed by atoms with Gasteiger partial charge in [0, 0.05) is 6.54 Å². The zero-order valence-electron chi connectivity index (χ0n) is 12.0. The van der Waals surface area contributed by atoms with Gasteiger partial charge in [0.1, 0.15) is 11.9 Å². The van der Waals surface area contributed by atoms with Crippen LogP contribution < -0.4 is 5.32 Å². The Kier molecular flexibility index (Phi) is 3.24. The number of carbonyl (C=O) groups excluding carboxylic acids is 1. The highest BCUT2D eigenvalue weighted by atomic mass is 16.2. The van der Waals surface area contributed by atoms with Gasteiger partial charge in [0.25, 0.3) is 0 Å². The number of carbonyl (C=O) groups is 1. The monoisotopic (exact) mass is 271 g/mol. The van der Waals surface area contributed by atoms with Gasteiger partial charge in [0.05, 0.1) is 0 Å². The van der Waals surface area contributed by atoms with Gasteiger partial charge in [-0.05, 0) is 35.8 Å². The van der Waals surface area contributed by atoms with Crippen LogP contribution in [0, 0.1) is 11.3 Å². The Balaban J connectivity index is 1.91. The van der Waals surface area contributed by atoms with E-state index >= 15 is 0 Å². The number of amides is 2. The molecule has 106 valence electrons. The lowest BCUT2D eigenvalue weighted by atomic mass is 10.00. The zero-order chi connectivity index (χ0) is 14.3. The molecule has 0 aromatic heterocycles. The molecule has 1 saturated heterocycles. The Morgan fingerprint density at radius 1 is 1.35 bits per heavy atom. The van der Waals surface area contributed by atoms with Crippen molar-refractivity contribution in [1.29, 1.82) is 5.41 Å². The van der Waals surface area contributed by atoms with Crippen molar-refractivity contribution in [3.63, 3.8) is 0 Å². The minimum atomic E-state index is -0.247. The number of amidine groups is 1. The molecule has 2 aliphatic rings. The highest BCUT2D eigenvalue weighted by Gasteiger charge is 2.37. The van der Waals surface area contributed by atoms with Gasteiger partial charge in [-0.1, -0.05) is 38.1 Å². The van der Waals surface area contributed by atoms with E-state index in [4.69, 9.17) is 5.41 Å². The fourth-order valence-corrected chi connectivity index (χ4v) is 2.86. The molecule has 2 fully saturated rings. The highest BCUT2D eigenvalue weighted by Crippen LogP contribution is 2.41. The highest BCUT2D eigenvalue weighted by molar-refractivity contribution is 6.06. The molecular weight excluding hydrogens is 250 g/mol. The third-order valence-corrected chi connectivity index (χ3v) is 3.92. The number of urea groups is 1. The summed E-state index contributed by atoms with van der Waals surface area (Å²) >= 11 is 0. The molecule has 0 radical (unpaired) electrons. The Bertz CT molecular complexity index is 548. The van der Waals surface area contributed by atoms with Crippen LogP contribution in [-0.2, 0) is 0 Å². The summed E-state index contributed by atoms with van der Waals surface area (Å²) in [5.41, 5.74) is 2.40. The summed E-state index contributed by atoms with van der Waals surface area (Å²) in [4.78, 5) is 13.8. The molecule has 20 heavy (non-hydrogen) atoms.